The van der Waals surface area contributed by atoms with Gasteiger partial charge in [0, 0.05) is 18.2 Å². The van der Waals surface area contributed by atoms with Crippen LogP contribution >= 0.6 is 0 Å². The first kappa shape index (κ1) is 16.4. The Morgan fingerprint density at radius 2 is 2.05 bits per heavy atom. The van der Waals surface area contributed by atoms with Crippen molar-refractivity contribution < 1.29 is 23.9 Å². The molecular formula is C15H17NO5. The van der Waals surface area contributed by atoms with Crippen LogP contribution in [0.25, 0.3) is 0 Å². The van der Waals surface area contributed by atoms with Crippen LogP contribution in [-0.2, 0) is 23.9 Å². The van der Waals surface area contributed by atoms with E-state index in [-0.39, 0.29) is 5.57 Å². The molecule has 1 aromatic carbocycles. The van der Waals surface area contributed by atoms with Crippen LogP contribution in [0, 0.1) is 6.92 Å². The van der Waals surface area contributed by atoms with Gasteiger partial charge in [0.2, 0.25) is 6.41 Å². The molecule has 0 spiro atoms. The normalized spacial score (nSPS) is 11.2. The Morgan fingerprint density at radius 1 is 1.38 bits per heavy atom. The summed E-state index contributed by atoms with van der Waals surface area (Å²) in [5.74, 6) is -1.27. The van der Waals surface area contributed by atoms with Crippen molar-refractivity contribution in [3.8, 4) is 0 Å². The van der Waals surface area contributed by atoms with E-state index in [9.17, 15) is 14.4 Å². The van der Waals surface area contributed by atoms with Crippen LogP contribution in [0.3, 0.4) is 0 Å². The highest BCUT2D eigenvalue weighted by Crippen LogP contribution is 2.32. The summed E-state index contributed by atoms with van der Waals surface area (Å²) in [4.78, 5) is 33.6. The van der Waals surface area contributed by atoms with E-state index in [0.717, 1.165) is 5.56 Å². The fourth-order valence-corrected chi connectivity index (χ4v) is 1.82. The lowest BCUT2D eigenvalue weighted by atomic mass is 9.98. The molecule has 0 fully saturated rings. The molecule has 0 heterocycles. The minimum absolute atomic E-state index is 0.0350. The quantitative estimate of drug-likeness (QED) is 0.492. The number of methoxy groups -OCH3 is 1. The Bertz CT molecular complexity index is 579. The molecule has 0 aliphatic rings. The highest BCUT2D eigenvalue weighted by atomic mass is 16.6. The lowest BCUT2D eigenvalue weighted by molar-refractivity contribution is -0.147. The lowest BCUT2D eigenvalue weighted by Gasteiger charge is -2.21. The summed E-state index contributed by atoms with van der Waals surface area (Å²) < 4.78 is 9.77. The van der Waals surface area contributed by atoms with Gasteiger partial charge in [-0.3, -0.25) is 9.59 Å². The second kappa shape index (κ2) is 7.23. The average molecular weight is 291 g/mol. The van der Waals surface area contributed by atoms with E-state index in [1.807, 2.05) is 6.92 Å². The van der Waals surface area contributed by atoms with Crippen molar-refractivity contribution in [3.05, 3.63) is 41.5 Å². The van der Waals surface area contributed by atoms with Crippen molar-refractivity contribution in [2.45, 2.75) is 20.0 Å². The predicted octanol–water partition coefficient (Wildman–Crippen LogP) is 1.90. The van der Waals surface area contributed by atoms with Crippen LogP contribution in [-0.4, -0.2) is 25.5 Å². The topological polar surface area (TPSA) is 81.7 Å². The number of rotatable bonds is 6. The van der Waals surface area contributed by atoms with Crippen LogP contribution in [0.15, 0.2) is 30.4 Å². The zero-order valence-electron chi connectivity index (χ0n) is 12.1. The molecule has 0 saturated heterocycles. The molecule has 21 heavy (non-hydrogen) atoms. The molecule has 1 aromatic rings. The Balaban J connectivity index is 3.33. The summed E-state index contributed by atoms with van der Waals surface area (Å²) >= 11 is 0. The maximum absolute atomic E-state index is 11.7. The molecule has 0 aliphatic heterocycles. The van der Waals surface area contributed by atoms with E-state index in [4.69, 9.17) is 4.74 Å². The zero-order chi connectivity index (χ0) is 16.0. The SMILES string of the molecule is C=C(C(=O)OC)C(OC(C)=O)c1cc(C)ccc1NC=O. The lowest BCUT2D eigenvalue weighted by Crippen LogP contribution is -2.19. The molecule has 6 nitrogen and oxygen atoms in total. The van der Waals surface area contributed by atoms with Crippen molar-refractivity contribution in [3.63, 3.8) is 0 Å². The van der Waals surface area contributed by atoms with E-state index in [2.05, 4.69) is 16.6 Å². The number of amides is 1. The number of benzene rings is 1. The molecular weight excluding hydrogens is 274 g/mol. The number of esters is 2. The largest absolute Gasteiger partial charge is 0.466 e. The Hall–Kier alpha value is -2.63. The third-order valence-electron chi connectivity index (χ3n) is 2.75. The van der Waals surface area contributed by atoms with Crippen LogP contribution in [0.4, 0.5) is 5.69 Å². The molecule has 1 amide bonds. The number of hydrogen-bond donors (Lipinski definition) is 1. The molecule has 1 atom stereocenters. The third-order valence-corrected chi connectivity index (χ3v) is 2.75. The van der Waals surface area contributed by atoms with Gasteiger partial charge in [0.25, 0.3) is 0 Å². The predicted molar refractivity (Wildman–Crippen MR) is 76.5 cm³/mol. The van der Waals surface area contributed by atoms with E-state index in [1.54, 1.807) is 18.2 Å². The van der Waals surface area contributed by atoms with Crippen molar-refractivity contribution in [2.75, 3.05) is 12.4 Å². The van der Waals surface area contributed by atoms with Crippen molar-refractivity contribution >= 4 is 24.0 Å². The van der Waals surface area contributed by atoms with E-state index >= 15 is 0 Å². The van der Waals surface area contributed by atoms with Gasteiger partial charge in [0.1, 0.15) is 0 Å². The number of carbonyl (C=O) groups excluding carboxylic acids is 3. The van der Waals surface area contributed by atoms with Gasteiger partial charge >= 0.3 is 11.9 Å². The molecule has 1 unspecified atom stereocenters. The third kappa shape index (κ3) is 4.17. The Labute approximate surface area is 122 Å². The van der Waals surface area contributed by atoms with Crippen LogP contribution in [0.5, 0.6) is 0 Å². The number of carbonyl (C=O) groups is 3. The van der Waals surface area contributed by atoms with Crippen molar-refractivity contribution in [1.29, 1.82) is 0 Å². The van der Waals surface area contributed by atoms with Crippen molar-refractivity contribution in [1.82, 2.24) is 0 Å². The van der Waals surface area contributed by atoms with Gasteiger partial charge in [-0.15, -0.1) is 0 Å². The molecule has 1 N–H and O–H groups in total. The summed E-state index contributed by atoms with van der Waals surface area (Å²) in [6.45, 7) is 6.67. The van der Waals surface area contributed by atoms with E-state index < -0.39 is 18.0 Å². The number of hydrogen-bond acceptors (Lipinski definition) is 5. The number of ether oxygens (including phenoxy) is 2. The first-order chi connectivity index (χ1) is 9.90. The molecule has 0 saturated carbocycles. The molecule has 0 aromatic heterocycles. The molecule has 1 rings (SSSR count). The number of anilines is 1. The molecule has 6 heteroatoms. The Kier molecular flexibility index (Phi) is 5.66. The van der Waals surface area contributed by atoms with Gasteiger partial charge in [-0.05, 0) is 19.1 Å². The van der Waals surface area contributed by atoms with E-state index in [0.29, 0.717) is 17.7 Å². The first-order valence-corrected chi connectivity index (χ1v) is 6.15. The zero-order valence-corrected chi connectivity index (χ0v) is 12.1. The monoisotopic (exact) mass is 291 g/mol. The Morgan fingerprint density at radius 3 is 2.57 bits per heavy atom. The summed E-state index contributed by atoms with van der Waals surface area (Å²) in [5.41, 5.74) is 1.71. The summed E-state index contributed by atoms with van der Waals surface area (Å²) in [6.07, 6.45) is -0.530. The number of nitrogens with one attached hydrogen (secondary N) is 1. The summed E-state index contributed by atoms with van der Waals surface area (Å²) in [6, 6.07) is 5.13. The summed E-state index contributed by atoms with van der Waals surface area (Å²) in [7, 11) is 1.21. The average Bonchev–Trinajstić information content (AvgIpc) is 2.45. The molecule has 0 aliphatic carbocycles. The highest BCUT2D eigenvalue weighted by molar-refractivity contribution is 5.90. The summed E-state index contributed by atoms with van der Waals surface area (Å²) in [5, 5.41) is 2.50. The van der Waals surface area contributed by atoms with Gasteiger partial charge < -0.3 is 14.8 Å². The van der Waals surface area contributed by atoms with Gasteiger partial charge in [-0.1, -0.05) is 18.2 Å². The van der Waals surface area contributed by atoms with Gasteiger partial charge in [-0.2, -0.15) is 0 Å². The number of aryl methyl sites for hydroxylation is 1. The highest BCUT2D eigenvalue weighted by Gasteiger charge is 2.27. The van der Waals surface area contributed by atoms with Gasteiger partial charge in [0.15, 0.2) is 6.10 Å². The van der Waals surface area contributed by atoms with Crippen molar-refractivity contribution in [2.24, 2.45) is 0 Å². The second-order valence-corrected chi connectivity index (χ2v) is 4.36. The fraction of sp³-hybridized carbons (Fsp3) is 0.267. The van der Waals surface area contributed by atoms with Gasteiger partial charge in [-0.25, -0.2) is 4.79 Å². The molecule has 0 radical (unpaired) electrons. The first-order valence-electron chi connectivity index (χ1n) is 6.15. The minimum atomic E-state index is -1.03. The molecule has 0 bridgehead atoms. The minimum Gasteiger partial charge on any atom is -0.466 e. The smallest absolute Gasteiger partial charge is 0.337 e. The second-order valence-electron chi connectivity index (χ2n) is 4.36. The molecule has 112 valence electrons. The van der Waals surface area contributed by atoms with E-state index in [1.165, 1.54) is 14.0 Å². The van der Waals surface area contributed by atoms with Gasteiger partial charge in [0.05, 0.1) is 12.7 Å². The maximum Gasteiger partial charge on any atom is 0.337 e. The van der Waals surface area contributed by atoms with Crippen LogP contribution in [0.1, 0.15) is 24.2 Å². The fourth-order valence-electron chi connectivity index (χ4n) is 1.82. The van der Waals surface area contributed by atoms with Crippen LogP contribution < -0.4 is 5.32 Å². The van der Waals surface area contributed by atoms with Crippen LogP contribution in [0.2, 0.25) is 0 Å². The maximum atomic E-state index is 11.7. The standard InChI is InChI=1S/C15H17NO5/c1-9-5-6-13(16-8-17)12(7-9)14(21-11(3)18)10(2)15(19)20-4/h5-8,14H,2H2,1,3-4H3,(H,16,17).